The van der Waals surface area contributed by atoms with Gasteiger partial charge in [-0.05, 0) is 19.1 Å². The Morgan fingerprint density at radius 3 is 2.95 bits per heavy atom. The Kier molecular flexibility index (Phi) is 5.16. The number of aromatic nitrogens is 1. The summed E-state index contributed by atoms with van der Waals surface area (Å²) >= 11 is 1.57. The minimum atomic E-state index is 0.0479. The predicted molar refractivity (Wildman–Crippen MR) is 84.3 cm³/mol. The van der Waals surface area contributed by atoms with E-state index < -0.39 is 0 Å². The molecular weight excluding hydrogens is 286 g/mol. The van der Waals surface area contributed by atoms with Gasteiger partial charge in [0.05, 0.1) is 30.8 Å². The zero-order valence-electron chi connectivity index (χ0n) is 12.2. The number of nitrogens with two attached hydrogens (primary N) is 1. The van der Waals surface area contributed by atoms with Gasteiger partial charge in [0, 0.05) is 23.7 Å². The Morgan fingerprint density at radius 2 is 2.29 bits per heavy atom. The number of hydrogen-bond acceptors (Lipinski definition) is 5. The lowest BCUT2D eigenvalue weighted by Gasteiger charge is -2.16. The molecule has 2 rings (SSSR count). The fourth-order valence-electron chi connectivity index (χ4n) is 1.83. The molecule has 0 atom stereocenters. The Morgan fingerprint density at radius 1 is 1.48 bits per heavy atom. The molecule has 1 amide bonds. The monoisotopic (exact) mass is 305 g/mol. The molecule has 0 aliphatic rings. The smallest absolute Gasteiger partial charge is 0.226 e. The first kappa shape index (κ1) is 15.3. The Hall–Kier alpha value is -2.08. The van der Waals surface area contributed by atoms with E-state index in [0.29, 0.717) is 31.0 Å². The number of amides is 1. The summed E-state index contributed by atoms with van der Waals surface area (Å²) in [7, 11) is 1.79. The van der Waals surface area contributed by atoms with Crippen LogP contribution in [0.15, 0.2) is 29.8 Å². The highest BCUT2D eigenvalue weighted by Crippen LogP contribution is 2.16. The molecule has 0 aliphatic heterocycles. The molecule has 112 valence electrons. The fourth-order valence-corrected chi connectivity index (χ4v) is 2.66. The van der Waals surface area contributed by atoms with Crippen LogP contribution in [0.2, 0.25) is 0 Å². The first-order chi connectivity index (χ1) is 10.1. The van der Waals surface area contributed by atoms with E-state index in [1.165, 1.54) is 0 Å². The van der Waals surface area contributed by atoms with Gasteiger partial charge >= 0.3 is 0 Å². The Balaban J connectivity index is 1.77. The summed E-state index contributed by atoms with van der Waals surface area (Å²) in [5.74, 6) is 0.732. The van der Waals surface area contributed by atoms with Crippen LogP contribution in [0.5, 0.6) is 5.75 Å². The lowest BCUT2D eigenvalue weighted by molar-refractivity contribution is -0.130. The number of nitrogens with zero attached hydrogens (tertiary/aromatic N) is 2. The fraction of sp³-hybridized carbons (Fsp3) is 0.333. The summed E-state index contributed by atoms with van der Waals surface area (Å²) in [4.78, 5) is 19.0. The number of carbonyl (C=O) groups is 1. The molecule has 5 nitrogen and oxygen atoms in total. The molecule has 0 radical (unpaired) electrons. The Bertz CT molecular complexity index is 612. The van der Waals surface area contributed by atoms with Crippen LogP contribution < -0.4 is 10.5 Å². The van der Waals surface area contributed by atoms with Gasteiger partial charge in [0.15, 0.2) is 0 Å². The van der Waals surface area contributed by atoms with Crippen molar-refractivity contribution in [1.82, 2.24) is 9.88 Å². The quantitative estimate of drug-likeness (QED) is 0.832. The second kappa shape index (κ2) is 7.08. The van der Waals surface area contributed by atoms with Crippen molar-refractivity contribution in [3.63, 3.8) is 0 Å². The predicted octanol–water partition coefficient (Wildman–Crippen LogP) is 2.46. The SMILES string of the molecule is Cc1ncsc1CN(C)C(=O)CCOc1cccc(N)c1. The molecule has 0 unspecified atom stereocenters. The zero-order chi connectivity index (χ0) is 15.2. The Labute approximate surface area is 128 Å². The van der Waals surface area contributed by atoms with Crippen LogP contribution >= 0.6 is 11.3 Å². The number of thiazole rings is 1. The van der Waals surface area contributed by atoms with E-state index in [1.54, 1.807) is 40.9 Å². The number of nitrogen functional groups attached to an aromatic ring is 1. The van der Waals surface area contributed by atoms with Gasteiger partial charge in [-0.15, -0.1) is 11.3 Å². The van der Waals surface area contributed by atoms with Crippen molar-refractivity contribution in [2.75, 3.05) is 19.4 Å². The molecule has 0 aliphatic carbocycles. The van der Waals surface area contributed by atoms with Gasteiger partial charge in [-0.3, -0.25) is 4.79 Å². The first-order valence-corrected chi connectivity index (χ1v) is 7.55. The maximum absolute atomic E-state index is 12.0. The van der Waals surface area contributed by atoms with E-state index in [0.717, 1.165) is 10.6 Å². The summed E-state index contributed by atoms with van der Waals surface area (Å²) in [6.45, 7) is 2.88. The van der Waals surface area contributed by atoms with Crippen molar-refractivity contribution in [3.05, 3.63) is 40.3 Å². The van der Waals surface area contributed by atoms with Gasteiger partial charge in [-0.2, -0.15) is 0 Å². The minimum absolute atomic E-state index is 0.0479. The van der Waals surface area contributed by atoms with Gasteiger partial charge in [0.1, 0.15) is 5.75 Å². The average Bonchev–Trinajstić information content (AvgIpc) is 2.84. The number of ether oxygens (including phenoxy) is 1. The third kappa shape index (κ3) is 4.46. The van der Waals surface area contributed by atoms with Gasteiger partial charge in [0.25, 0.3) is 0 Å². The molecular formula is C15H19N3O2S. The maximum atomic E-state index is 12.0. The van der Waals surface area contributed by atoms with E-state index in [9.17, 15) is 4.79 Å². The minimum Gasteiger partial charge on any atom is -0.493 e. The molecule has 0 fully saturated rings. The van der Waals surface area contributed by atoms with Crippen LogP contribution in [0.1, 0.15) is 17.0 Å². The normalized spacial score (nSPS) is 10.4. The van der Waals surface area contributed by atoms with E-state index in [4.69, 9.17) is 10.5 Å². The van der Waals surface area contributed by atoms with Gasteiger partial charge in [0.2, 0.25) is 5.91 Å². The number of benzene rings is 1. The van der Waals surface area contributed by atoms with Gasteiger partial charge < -0.3 is 15.4 Å². The largest absolute Gasteiger partial charge is 0.493 e. The van der Waals surface area contributed by atoms with Crippen molar-refractivity contribution >= 4 is 22.9 Å². The van der Waals surface area contributed by atoms with Crippen molar-refractivity contribution in [2.45, 2.75) is 19.9 Å². The molecule has 6 heteroatoms. The molecule has 2 N–H and O–H groups in total. The van der Waals surface area contributed by atoms with Crippen LogP contribution in [0, 0.1) is 6.92 Å². The van der Waals surface area contributed by atoms with E-state index >= 15 is 0 Å². The lowest BCUT2D eigenvalue weighted by Crippen LogP contribution is -2.27. The van der Waals surface area contributed by atoms with Crippen LogP contribution in [-0.4, -0.2) is 29.4 Å². The highest BCUT2D eigenvalue weighted by molar-refractivity contribution is 7.09. The van der Waals surface area contributed by atoms with Crippen LogP contribution in [0.3, 0.4) is 0 Å². The molecule has 0 saturated carbocycles. The molecule has 1 heterocycles. The molecule has 0 spiro atoms. The summed E-state index contributed by atoms with van der Waals surface area (Å²) < 4.78 is 5.53. The second-order valence-corrected chi connectivity index (χ2v) is 5.72. The van der Waals surface area contributed by atoms with Crippen molar-refractivity contribution in [2.24, 2.45) is 0 Å². The van der Waals surface area contributed by atoms with Crippen molar-refractivity contribution in [3.8, 4) is 5.75 Å². The first-order valence-electron chi connectivity index (χ1n) is 6.67. The molecule has 1 aromatic heterocycles. The second-order valence-electron chi connectivity index (χ2n) is 4.78. The lowest BCUT2D eigenvalue weighted by atomic mass is 10.3. The van der Waals surface area contributed by atoms with Gasteiger partial charge in [-0.25, -0.2) is 4.98 Å². The van der Waals surface area contributed by atoms with E-state index in [1.807, 2.05) is 19.1 Å². The summed E-state index contributed by atoms with van der Waals surface area (Å²) in [6, 6.07) is 7.19. The standard InChI is InChI=1S/C15H19N3O2S/c1-11-14(21-10-17-11)9-18(2)15(19)6-7-20-13-5-3-4-12(16)8-13/h3-5,8,10H,6-7,9,16H2,1-2H3. The third-order valence-corrected chi connectivity index (χ3v) is 4.01. The number of carbonyl (C=O) groups excluding carboxylic acids is 1. The number of aryl methyl sites for hydroxylation is 1. The summed E-state index contributed by atoms with van der Waals surface area (Å²) in [5.41, 5.74) is 9.10. The highest BCUT2D eigenvalue weighted by Gasteiger charge is 2.12. The number of anilines is 1. The van der Waals surface area contributed by atoms with Crippen molar-refractivity contribution < 1.29 is 9.53 Å². The molecule has 0 bridgehead atoms. The van der Waals surface area contributed by atoms with E-state index in [-0.39, 0.29) is 5.91 Å². The molecule has 21 heavy (non-hydrogen) atoms. The van der Waals surface area contributed by atoms with Crippen LogP contribution in [0.4, 0.5) is 5.69 Å². The number of rotatable bonds is 6. The molecule has 1 aromatic carbocycles. The van der Waals surface area contributed by atoms with E-state index in [2.05, 4.69) is 4.98 Å². The summed E-state index contributed by atoms with van der Waals surface area (Å²) in [6.07, 6.45) is 0.336. The molecule has 0 saturated heterocycles. The van der Waals surface area contributed by atoms with Crippen LogP contribution in [-0.2, 0) is 11.3 Å². The molecule has 2 aromatic rings. The highest BCUT2D eigenvalue weighted by atomic mass is 32.1. The summed E-state index contributed by atoms with van der Waals surface area (Å²) in [5, 5.41) is 0. The average molecular weight is 305 g/mol. The maximum Gasteiger partial charge on any atom is 0.226 e. The number of hydrogen-bond donors (Lipinski definition) is 1. The van der Waals surface area contributed by atoms with Gasteiger partial charge in [-0.1, -0.05) is 6.07 Å². The van der Waals surface area contributed by atoms with Crippen LogP contribution in [0.25, 0.3) is 0 Å². The third-order valence-electron chi connectivity index (χ3n) is 3.09. The zero-order valence-corrected chi connectivity index (χ0v) is 13.0. The topological polar surface area (TPSA) is 68.5 Å². The van der Waals surface area contributed by atoms with Crippen molar-refractivity contribution in [1.29, 1.82) is 0 Å².